The Hall–Kier alpha value is -16.4. The van der Waals surface area contributed by atoms with Gasteiger partial charge >= 0.3 is 0 Å². The minimum atomic E-state index is 0.774. The highest BCUT2D eigenvalue weighted by Gasteiger charge is 2.21. The minimum Gasteiger partial charge on any atom is -0.450 e. The second-order valence-corrected chi connectivity index (χ2v) is 32.9. The van der Waals surface area contributed by atoms with Crippen molar-refractivity contribution in [2.75, 3.05) is 0 Å². The molecule has 0 atom stereocenters. The molecule has 0 bridgehead atoms. The smallest absolute Gasteiger partial charge is 0.173 e. The molecular weight excluding hydrogens is 1570 g/mol. The Morgan fingerprint density at radius 2 is 0.512 bits per heavy atom. The van der Waals surface area contributed by atoms with E-state index in [4.69, 9.17) is 9.47 Å². The molecule has 129 heavy (non-hydrogen) atoms. The molecule has 1 aliphatic heterocycles. The molecule has 1 aliphatic rings. The van der Waals surface area contributed by atoms with Gasteiger partial charge < -0.3 is 36.9 Å². The molecule has 0 amide bonds. The lowest BCUT2D eigenvalue weighted by Crippen LogP contribution is -1.99. The predicted octanol–water partition coefficient (Wildman–Crippen LogP) is 32.3. The van der Waals surface area contributed by atoms with Gasteiger partial charge in [-0.2, -0.15) is 0 Å². The molecule has 0 saturated carbocycles. The molecule has 8 nitrogen and oxygen atoms in total. The lowest BCUT2D eigenvalue weighted by Gasteiger charge is -2.21. The van der Waals surface area contributed by atoms with E-state index < -0.39 is 0 Å². The first-order chi connectivity index (χ1) is 63.5. The van der Waals surface area contributed by atoms with Gasteiger partial charge in [0.1, 0.15) is 0 Å². The first kappa shape index (κ1) is 81.0. The third kappa shape index (κ3) is 15.5. The standard InChI is InChI=1S/5C19H15N.C13H11N.C13H10O2/c1-14-8-7-13-18-19(14)16-11-5-6-12-17(16)20(18)15-9-3-2-4-10-15;1-20-18-13-6-5-10-16(18)17-12-7-11-15(19(17)20)14-8-3-2-4-9-14;1-20-17-12-6-5-10-16(17)19-15(11-7-13-18(19)20)14-8-3-2-4-9-14;1-20-18-10-6-5-9-16(18)17-13-15(11-12-19(17)20)14-7-3-2-4-8-14;1-20-18-10-6-5-9-16(18)17-12-11-15(13-19(17)20)14-7-3-2-4-8-14;1-14-12-8-4-2-6-10(12)11-7-3-5-9-13(11)14;1-9-5-4-8-12-13(9)15-11-7-3-2-6-10(11)14-12/h5*2-13H,1H3;2-9H,1H3;2-8H,1H3. The SMILES string of the molecule is Cc1cccc2c1Oc1ccccc1O2.Cc1cccc2c1c1ccccc1n2-c1ccccc1.Cn1c2ccccc2c2c(-c3ccccc3)cccc21.Cn1c2ccccc2c2cc(-c3ccccc3)ccc21.Cn1c2ccccc2c2ccc(-c3ccccc3)cc21.Cn1c2ccccc2c2cccc(-c3ccccc3)c21.Cn1c2ccccc2c2ccccc21. The zero-order valence-corrected chi connectivity index (χ0v) is 73.3. The van der Waals surface area contributed by atoms with Crippen LogP contribution in [-0.2, 0) is 35.2 Å². The summed E-state index contributed by atoms with van der Waals surface area (Å²) < 4.78 is 25.2. The van der Waals surface area contributed by atoms with Crippen molar-refractivity contribution in [2.24, 2.45) is 35.2 Å². The molecule has 0 spiro atoms. The lowest BCUT2D eigenvalue weighted by molar-refractivity contribution is 0.357. The maximum Gasteiger partial charge on any atom is 0.173 e. The molecule has 0 N–H and O–H groups in total. The van der Waals surface area contributed by atoms with Crippen molar-refractivity contribution in [3.8, 4) is 73.2 Å². The van der Waals surface area contributed by atoms with E-state index in [0.29, 0.717) is 0 Å². The van der Waals surface area contributed by atoms with Gasteiger partial charge in [-0.1, -0.05) is 352 Å². The molecular formula is C121H96N6O2. The summed E-state index contributed by atoms with van der Waals surface area (Å²) in [6, 6.07) is 160. The van der Waals surface area contributed by atoms with Crippen molar-refractivity contribution in [3.05, 3.63) is 466 Å². The van der Waals surface area contributed by atoms with Crippen LogP contribution in [0.25, 0.3) is 181 Å². The van der Waals surface area contributed by atoms with Gasteiger partial charge in [0.15, 0.2) is 23.0 Å². The number of benzene rings is 19. The number of fused-ring (bicyclic) bond motifs is 20. The number of nitrogens with zero attached hydrogens (tertiary/aromatic N) is 6. The van der Waals surface area contributed by atoms with Gasteiger partial charge in [-0.3, -0.25) is 0 Å². The number of hydrogen-bond donors (Lipinski definition) is 0. The molecule has 0 fully saturated rings. The number of hydrogen-bond acceptors (Lipinski definition) is 2. The van der Waals surface area contributed by atoms with Crippen LogP contribution in [0.3, 0.4) is 0 Å². The average Bonchev–Trinajstić information content (AvgIpc) is 1.45. The van der Waals surface area contributed by atoms with Crippen molar-refractivity contribution in [2.45, 2.75) is 13.8 Å². The van der Waals surface area contributed by atoms with E-state index in [-0.39, 0.29) is 0 Å². The highest BCUT2D eigenvalue weighted by Crippen LogP contribution is 2.47. The van der Waals surface area contributed by atoms with Crippen LogP contribution in [0.15, 0.2) is 455 Å². The van der Waals surface area contributed by atoms with Crippen LogP contribution in [0.2, 0.25) is 0 Å². The van der Waals surface area contributed by atoms with E-state index in [9.17, 15) is 0 Å². The molecule has 622 valence electrons. The Kier molecular flexibility index (Phi) is 22.4. The second kappa shape index (κ2) is 35.7. The number of ether oxygens (including phenoxy) is 2. The van der Waals surface area contributed by atoms with Gasteiger partial charge in [-0.05, 0) is 167 Å². The van der Waals surface area contributed by atoms with Gasteiger partial charge in [0, 0.05) is 161 Å². The molecule has 6 aromatic heterocycles. The Balaban J connectivity index is 0.0000000947. The third-order valence-electron chi connectivity index (χ3n) is 25.3. The monoisotopic (exact) mass is 1660 g/mol. The van der Waals surface area contributed by atoms with Crippen molar-refractivity contribution < 1.29 is 9.47 Å². The first-order valence-corrected chi connectivity index (χ1v) is 44.1. The van der Waals surface area contributed by atoms with Crippen LogP contribution < -0.4 is 9.47 Å². The lowest BCUT2D eigenvalue weighted by atomic mass is 10.00. The molecule has 7 heterocycles. The van der Waals surface area contributed by atoms with Crippen molar-refractivity contribution in [3.63, 3.8) is 0 Å². The van der Waals surface area contributed by atoms with Gasteiger partial charge in [0.05, 0.1) is 16.6 Å². The fourth-order valence-electron chi connectivity index (χ4n) is 19.0. The predicted molar refractivity (Wildman–Crippen MR) is 547 cm³/mol. The van der Waals surface area contributed by atoms with Crippen molar-refractivity contribution >= 4 is 131 Å². The molecule has 0 unspecified atom stereocenters. The van der Waals surface area contributed by atoms with E-state index in [0.717, 1.165) is 28.6 Å². The maximum absolute atomic E-state index is 5.78. The summed E-state index contributed by atoms with van der Waals surface area (Å²) in [7, 11) is 10.7. The van der Waals surface area contributed by atoms with E-state index in [2.05, 4.69) is 482 Å². The van der Waals surface area contributed by atoms with Crippen LogP contribution in [-0.4, -0.2) is 27.4 Å². The Morgan fingerprint density at radius 1 is 0.178 bits per heavy atom. The average molecular weight is 1670 g/mol. The number of para-hydroxylation sites is 12. The summed E-state index contributed by atoms with van der Waals surface area (Å²) in [5.74, 6) is 3.15. The normalized spacial score (nSPS) is 11.3. The minimum absolute atomic E-state index is 0.774. The van der Waals surface area contributed by atoms with Crippen LogP contribution in [0, 0.1) is 13.8 Å². The highest BCUT2D eigenvalue weighted by atomic mass is 16.6. The quantitative estimate of drug-likeness (QED) is 0.172. The summed E-state index contributed by atoms with van der Waals surface area (Å²) in [5, 5.41) is 16.0. The zero-order chi connectivity index (χ0) is 87.4. The summed E-state index contributed by atoms with van der Waals surface area (Å²) in [4.78, 5) is 0. The third-order valence-corrected chi connectivity index (χ3v) is 25.3. The highest BCUT2D eigenvalue weighted by molar-refractivity contribution is 6.17. The molecule has 0 radical (unpaired) electrons. The molecule has 19 aromatic carbocycles. The molecule has 0 saturated heterocycles. The van der Waals surface area contributed by atoms with Gasteiger partial charge in [-0.25, -0.2) is 0 Å². The Morgan fingerprint density at radius 3 is 1.07 bits per heavy atom. The van der Waals surface area contributed by atoms with E-state index in [1.165, 1.54) is 187 Å². The molecule has 8 heteroatoms. The molecule has 26 rings (SSSR count). The summed E-state index contributed by atoms with van der Waals surface area (Å²) in [6.45, 7) is 4.19. The second-order valence-electron chi connectivity index (χ2n) is 32.9. The number of rotatable bonds is 5. The van der Waals surface area contributed by atoms with Gasteiger partial charge in [0.25, 0.3) is 0 Å². The summed E-state index contributed by atoms with van der Waals surface area (Å²) in [6.07, 6.45) is 0. The summed E-state index contributed by atoms with van der Waals surface area (Å²) in [5.41, 5.74) is 29.3. The Bertz CT molecular complexity index is 8290. The first-order valence-electron chi connectivity index (χ1n) is 44.1. The fraction of sp³-hybridized carbons (Fsp3) is 0.0579. The van der Waals surface area contributed by atoms with Crippen molar-refractivity contribution in [1.82, 2.24) is 27.4 Å². The van der Waals surface area contributed by atoms with E-state index in [1.54, 1.807) is 0 Å². The van der Waals surface area contributed by atoms with Crippen LogP contribution in [0.4, 0.5) is 0 Å². The largest absolute Gasteiger partial charge is 0.450 e. The summed E-state index contributed by atoms with van der Waals surface area (Å²) >= 11 is 0. The van der Waals surface area contributed by atoms with Crippen LogP contribution in [0.1, 0.15) is 11.1 Å². The molecule has 25 aromatic rings. The Labute approximate surface area is 751 Å². The maximum atomic E-state index is 5.78. The zero-order valence-electron chi connectivity index (χ0n) is 73.3. The van der Waals surface area contributed by atoms with E-state index >= 15 is 0 Å². The fourth-order valence-corrected chi connectivity index (χ4v) is 19.0. The number of aryl methyl sites for hydroxylation is 7. The van der Waals surface area contributed by atoms with Gasteiger partial charge in [0.2, 0.25) is 0 Å². The number of aromatic nitrogens is 6. The topological polar surface area (TPSA) is 48.0 Å². The van der Waals surface area contributed by atoms with Crippen molar-refractivity contribution in [1.29, 1.82) is 0 Å². The van der Waals surface area contributed by atoms with E-state index in [1.807, 2.05) is 49.4 Å². The van der Waals surface area contributed by atoms with Crippen LogP contribution >= 0.6 is 0 Å². The van der Waals surface area contributed by atoms with Crippen LogP contribution in [0.5, 0.6) is 23.0 Å². The van der Waals surface area contributed by atoms with Gasteiger partial charge in [-0.15, -0.1) is 0 Å². The molecule has 0 aliphatic carbocycles.